The maximum Gasteiger partial charge on any atom is 0.337 e. The minimum Gasteiger partial charge on any atom is -0.465 e. The average Bonchev–Trinajstić information content (AvgIpc) is 2.97. The van der Waals surface area contributed by atoms with Gasteiger partial charge in [0.15, 0.2) is 0 Å². The molecule has 1 unspecified atom stereocenters. The van der Waals surface area contributed by atoms with Gasteiger partial charge in [-0.15, -0.1) is 0 Å². The van der Waals surface area contributed by atoms with E-state index in [1.54, 1.807) is 31.2 Å². The molecule has 0 saturated carbocycles. The molecule has 1 aliphatic heterocycles. The highest BCUT2D eigenvalue weighted by Gasteiger charge is 2.49. The predicted molar refractivity (Wildman–Crippen MR) is 108 cm³/mol. The van der Waals surface area contributed by atoms with E-state index in [4.69, 9.17) is 0 Å². The van der Waals surface area contributed by atoms with Crippen molar-refractivity contribution < 1.29 is 19.1 Å². The number of hydrogen-bond acceptors (Lipinski definition) is 4. The summed E-state index contributed by atoms with van der Waals surface area (Å²) in [5.41, 5.74) is 0.763. The smallest absolute Gasteiger partial charge is 0.337 e. The zero-order valence-corrected chi connectivity index (χ0v) is 16.1. The molecule has 1 N–H and O–H groups in total. The number of amides is 3. The Morgan fingerprint density at radius 1 is 1.00 bits per heavy atom. The molecule has 146 valence electrons. The van der Waals surface area contributed by atoms with E-state index in [0.29, 0.717) is 5.56 Å². The lowest BCUT2D eigenvalue weighted by molar-refractivity contribution is -0.131. The Balaban J connectivity index is 1.64. The topological polar surface area (TPSA) is 75.7 Å². The largest absolute Gasteiger partial charge is 0.465 e. The van der Waals surface area contributed by atoms with Crippen LogP contribution in [0.25, 0.3) is 10.8 Å². The third kappa shape index (κ3) is 3.12. The summed E-state index contributed by atoms with van der Waals surface area (Å²) in [5.74, 6) is -0.744. The third-order valence-electron chi connectivity index (χ3n) is 5.32. The van der Waals surface area contributed by atoms with Crippen molar-refractivity contribution in [3.05, 3.63) is 83.4 Å². The number of esters is 1. The molecule has 4 rings (SSSR count). The first-order chi connectivity index (χ1) is 13.9. The number of ether oxygens (including phenoxy) is 1. The molecule has 3 aromatic carbocycles. The summed E-state index contributed by atoms with van der Waals surface area (Å²) in [7, 11) is 1.32. The van der Waals surface area contributed by atoms with Crippen molar-refractivity contribution >= 4 is 28.7 Å². The number of rotatable bonds is 4. The van der Waals surface area contributed by atoms with E-state index < -0.39 is 17.5 Å². The maximum absolute atomic E-state index is 13.3. The molecule has 6 nitrogen and oxygen atoms in total. The monoisotopic (exact) mass is 388 g/mol. The summed E-state index contributed by atoms with van der Waals surface area (Å²) >= 11 is 0. The summed E-state index contributed by atoms with van der Waals surface area (Å²) < 4.78 is 4.69. The van der Waals surface area contributed by atoms with Gasteiger partial charge >= 0.3 is 12.0 Å². The molecule has 3 aromatic rings. The van der Waals surface area contributed by atoms with Gasteiger partial charge in [0.2, 0.25) is 0 Å². The molecule has 0 bridgehead atoms. The molecule has 29 heavy (non-hydrogen) atoms. The van der Waals surface area contributed by atoms with Crippen LogP contribution in [0.3, 0.4) is 0 Å². The van der Waals surface area contributed by atoms with Gasteiger partial charge in [-0.3, -0.25) is 9.69 Å². The second-order valence-corrected chi connectivity index (χ2v) is 7.16. The van der Waals surface area contributed by atoms with Crippen LogP contribution >= 0.6 is 0 Å². The van der Waals surface area contributed by atoms with Crippen LogP contribution in [0.5, 0.6) is 0 Å². The molecule has 6 heteroatoms. The van der Waals surface area contributed by atoms with Gasteiger partial charge in [-0.2, -0.15) is 0 Å². The normalized spacial score (nSPS) is 18.8. The SMILES string of the molecule is COC(=O)c1ccc(CN2C(=O)NC(C)(c3cccc4ccccc34)C2=O)cc1. The fraction of sp³-hybridized carbons (Fsp3) is 0.174. The van der Waals surface area contributed by atoms with Crippen LogP contribution in [0.4, 0.5) is 4.79 Å². The molecular weight excluding hydrogens is 368 g/mol. The van der Waals surface area contributed by atoms with E-state index in [9.17, 15) is 14.4 Å². The molecule has 1 aliphatic rings. The highest BCUT2D eigenvalue weighted by Crippen LogP contribution is 2.34. The Morgan fingerprint density at radius 3 is 2.41 bits per heavy atom. The summed E-state index contributed by atoms with van der Waals surface area (Å²) in [6, 6.07) is 19.7. The van der Waals surface area contributed by atoms with Crippen molar-refractivity contribution in [3.63, 3.8) is 0 Å². The summed E-state index contributed by atoms with van der Waals surface area (Å²) in [4.78, 5) is 38.7. The van der Waals surface area contributed by atoms with Crippen LogP contribution in [-0.2, 0) is 21.6 Å². The van der Waals surface area contributed by atoms with Crippen LogP contribution in [0.15, 0.2) is 66.7 Å². The zero-order valence-electron chi connectivity index (χ0n) is 16.1. The highest BCUT2D eigenvalue weighted by atomic mass is 16.5. The molecular formula is C23H20N2O4. The van der Waals surface area contributed by atoms with Gasteiger partial charge in [0.1, 0.15) is 5.54 Å². The van der Waals surface area contributed by atoms with Crippen molar-refractivity contribution in [2.24, 2.45) is 0 Å². The van der Waals surface area contributed by atoms with E-state index in [2.05, 4.69) is 10.1 Å². The van der Waals surface area contributed by atoms with Gasteiger partial charge in [0.25, 0.3) is 5.91 Å². The van der Waals surface area contributed by atoms with Crippen LogP contribution < -0.4 is 5.32 Å². The highest BCUT2D eigenvalue weighted by molar-refractivity contribution is 6.09. The molecule has 0 spiro atoms. The van der Waals surface area contributed by atoms with E-state index in [0.717, 1.165) is 21.9 Å². The van der Waals surface area contributed by atoms with Gasteiger partial charge < -0.3 is 10.1 Å². The third-order valence-corrected chi connectivity index (χ3v) is 5.32. The predicted octanol–water partition coefficient (Wildman–Crippen LogP) is 3.59. The van der Waals surface area contributed by atoms with Crippen molar-refractivity contribution in [2.45, 2.75) is 19.0 Å². The molecule has 1 atom stereocenters. The van der Waals surface area contributed by atoms with Gasteiger partial charge in [-0.05, 0) is 41.0 Å². The number of carbonyl (C=O) groups is 3. The second kappa shape index (κ2) is 7.05. The Morgan fingerprint density at radius 2 is 1.69 bits per heavy atom. The summed E-state index contributed by atoms with van der Waals surface area (Å²) in [5, 5.41) is 4.79. The second-order valence-electron chi connectivity index (χ2n) is 7.16. The Hall–Kier alpha value is -3.67. The Kier molecular flexibility index (Phi) is 4.54. The lowest BCUT2D eigenvalue weighted by Crippen LogP contribution is -2.41. The first-order valence-corrected chi connectivity index (χ1v) is 9.23. The Bertz CT molecular complexity index is 1120. The van der Waals surface area contributed by atoms with Crippen molar-refractivity contribution in [1.29, 1.82) is 0 Å². The molecule has 1 heterocycles. The Labute approximate surface area is 168 Å². The molecule has 0 radical (unpaired) electrons. The number of carbonyl (C=O) groups excluding carboxylic acids is 3. The number of hydrogen-bond donors (Lipinski definition) is 1. The van der Waals surface area contributed by atoms with Crippen molar-refractivity contribution in [2.75, 3.05) is 7.11 Å². The van der Waals surface area contributed by atoms with Crippen LogP contribution in [0, 0.1) is 0 Å². The molecule has 3 amide bonds. The quantitative estimate of drug-likeness (QED) is 0.547. The summed E-state index contributed by atoms with van der Waals surface area (Å²) in [6.07, 6.45) is 0. The van der Waals surface area contributed by atoms with Gasteiger partial charge in [-0.25, -0.2) is 9.59 Å². The van der Waals surface area contributed by atoms with E-state index in [1.165, 1.54) is 12.0 Å². The fourth-order valence-corrected chi connectivity index (χ4v) is 3.73. The number of imide groups is 1. The number of fused-ring (bicyclic) bond motifs is 1. The lowest BCUT2D eigenvalue weighted by Gasteiger charge is -2.24. The van der Waals surface area contributed by atoms with E-state index >= 15 is 0 Å². The number of urea groups is 1. The molecule has 1 saturated heterocycles. The number of nitrogens with zero attached hydrogens (tertiary/aromatic N) is 1. The molecule has 1 fully saturated rings. The first-order valence-electron chi connectivity index (χ1n) is 9.23. The van der Waals surface area contributed by atoms with E-state index in [-0.39, 0.29) is 12.5 Å². The van der Waals surface area contributed by atoms with Gasteiger partial charge in [0.05, 0.1) is 19.2 Å². The maximum atomic E-state index is 13.3. The van der Waals surface area contributed by atoms with Gasteiger partial charge in [-0.1, -0.05) is 54.6 Å². The minimum atomic E-state index is -1.15. The number of benzene rings is 3. The van der Waals surface area contributed by atoms with Crippen LogP contribution in [0.1, 0.15) is 28.4 Å². The molecule has 0 aromatic heterocycles. The average molecular weight is 388 g/mol. The summed E-state index contributed by atoms with van der Waals surface area (Å²) in [6.45, 7) is 1.85. The molecule has 0 aliphatic carbocycles. The minimum absolute atomic E-state index is 0.118. The number of methoxy groups -OCH3 is 1. The first kappa shape index (κ1) is 18.7. The van der Waals surface area contributed by atoms with Crippen molar-refractivity contribution in [3.8, 4) is 0 Å². The fourth-order valence-electron chi connectivity index (χ4n) is 3.73. The van der Waals surface area contributed by atoms with Crippen molar-refractivity contribution in [1.82, 2.24) is 10.2 Å². The number of nitrogens with one attached hydrogen (secondary N) is 1. The standard InChI is InChI=1S/C23H20N2O4/c1-23(19-9-5-7-16-6-3-4-8-18(16)19)21(27)25(22(28)24-23)14-15-10-12-17(13-11-15)20(26)29-2/h3-13H,14H2,1-2H3,(H,24,28). The van der Waals surface area contributed by atoms with Gasteiger partial charge in [0, 0.05) is 0 Å². The van der Waals surface area contributed by atoms with E-state index in [1.807, 2.05) is 42.5 Å². The van der Waals surface area contributed by atoms with Crippen LogP contribution in [0.2, 0.25) is 0 Å². The zero-order chi connectivity index (χ0) is 20.6. The lowest BCUT2D eigenvalue weighted by atomic mass is 9.88. The van der Waals surface area contributed by atoms with Crippen LogP contribution in [-0.4, -0.2) is 29.9 Å².